The van der Waals surface area contributed by atoms with Crippen molar-refractivity contribution in [3.8, 4) is 33.6 Å². The normalized spacial score (nSPS) is 12.7. The van der Waals surface area contributed by atoms with Crippen molar-refractivity contribution in [1.82, 2.24) is 9.97 Å². The molecular weight excluding hydrogens is 877 g/mol. The molecule has 0 saturated heterocycles. The van der Waals surface area contributed by atoms with Crippen LogP contribution in [0.25, 0.3) is 55.6 Å². The van der Waals surface area contributed by atoms with Crippen LogP contribution in [0.4, 0.5) is 0 Å². The third-order valence-electron chi connectivity index (χ3n) is 9.37. The molecule has 0 amide bonds. The predicted octanol–water partition coefficient (Wildman–Crippen LogP) is 12.4. The molecule has 0 unspecified atom stereocenters. The second-order valence-electron chi connectivity index (χ2n) is 14.4. The van der Waals surface area contributed by atoms with E-state index in [0.29, 0.717) is 27.9 Å². The van der Waals surface area contributed by atoms with Gasteiger partial charge in [0, 0.05) is 43.4 Å². The number of para-hydroxylation sites is 1. The molecule has 0 saturated carbocycles. The van der Waals surface area contributed by atoms with Gasteiger partial charge in [0.15, 0.2) is 0 Å². The summed E-state index contributed by atoms with van der Waals surface area (Å²) in [5, 5.41) is 3.09. The molecular formula is C51H42IrN2OSi-2. The molecule has 6 aromatic carbocycles. The van der Waals surface area contributed by atoms with Crippen LogP contribution in [0, 0.1) is 12.1 Å². The Labute approximate surface area is 350 Å². The van der Waals surface area contributed by atoms with Gasteiger partial charge in [-0.3, -0.25) is 0 Å². The Morgan fingerprint density at radius 2 is 1.20 bits per heavy atom. The summed E-state index contributed by atoms with van der Waals surface area (Å²) < 4.78 is 41.0. The fraction of sp³-hybridized carbons (Fsp3) is 0.0980. The van der Waals surface area contributed by atoms with Gasteiger partial charge in [-0.2, -0.15) is 0 Å². The van der Waals surface area contributed by atoms with Gasteiger partial charge in [0.05, 0.1) is 13.7 Å². The van der Waals surface area contributed by atoms with Gasteiger partial charge in [-0.05, 0) is 58.1 Å². The largest absolute Gasteiger partial charge is 0.500 e. The Bertz CT molecular complexity index is 2860. The van der Waals surface area contributed by atoms with Crippen LogP contribution in [0.1, 0.15) is 27.7 Å². The minimum atomic E-state index is -1.81. The van der Waals surface area contributed by atoms with Gasteiger partial charge in [-0.25, -0.2) is 0 Å². The molecule has 3 aromatic heterocycles. The maximum Gasteiger partial charge on any atom is 0.120 e. The molecule has 1 radical (unpaired) electrons. The average Bonchev–Trinajstić information content (AvgIpc) is 3.65. The van der Waals surface area contributed by atoms with Crippen LogP contribution >= 0.6 is 0 Å². The van der Waals surface area contributed by atoms with Gasteiger partial charge in [-0.1, -0.05) is 163 Å². The van der Waals surface area contributed by atoms with Crippen molar-refractivity contribution in [1.29, 1.82) is 0 Å². The summed E-state index contributed by atoms with van der Waals surface area (Å²) in [6.07, 6.45) is 0.331. The molecule has 0 aliphatic rings. The van der Waals surface area contributed by atoms with Gasteiger partial charge >= 0.3 is 0 Å². The first kappa shape index (κ1) is 33.6. The van der Waals surface area contributed by atoms with E-state index in [1.807, 2.05) is 128 Å². The van der Waals surface area contributed by atoms with Crippen molar-refractivity contribution in [3.63, 3.8) is 0 Å². The maximum absolute atomic E-state index is 8.99. The first-order valence-electron chi connectivity index (χ1n) is 20.4. The van der Waals surface area contributed by atoms with E-state index in [1.54, 1.807) is 30.5 Å². The van der Waals surface area contributed by atoms with Gasteiger partial charge < -0.3 is 14.4 Å². The number of rotatable bonds is 8. The molecule has 9 aromatic rings. The molecule has 9 rings (SSSR count). The first-order valence-corrected chi connectivity index (χ1v) is 21.9. The van der Waals surface area contributed by atoms with Crippen LogP contribution in [-0.4, -0.2) is 18.0 Å². The molecule has 3 heterocycles. The van der Waals surface area contributed by atoms with Crippen LogP contribution < -0.4 is 5.19 Å². The summed E-state index contributed by atoms with van der Waals surface area (Å²) in [7, 11) is -1.81. The van der Waals surface area contributed by atoms with Gasteiger partial charge in [0.25, 0.3) is 0 Å². The van der Waals surface area contributed by atoms with Crippen molar-refractivity contribution in [2.45, 2.75) is 32.4 Å². The molecule has 0 N–H and O–H groups in total. The number of hydrogen-bond acceptors (Lipinski definition) is 3. The number of hydrogen-bond donors (Lipinski definition) is 0. The monoisotopic (exact) mass is 923 g/mol. The van der Waals surface area contributed by atoms with E-state index < -0.39 is 20.8 Å². The third kappa shape index (κ3) is 9.04. The molecule has 277 valence electrons. The molecule has 0 bridgehead atoms. The zero-order valence-electron chi connectivity index (χ0n) is 35.4. The molecule has 0 aliphatic carbocycles. The minimum Gasteiger partial charge on any atom is -0.500 e. The number of fused-ring (bicyclic) bond motifs is 3. The van der Waals surface area contributed by atoms with Crippen LogP contribution in [0.2, 0.25) is 19.6 Å². The standard InChI is InChI=1S/C27H26NSi.C24H16NO.Ir/c1-29(2,3)27-20-28-26(19-25(27)18-21-10-6-4-7-11-21)24-16-14-23(15-17-24)22-12-8-5-9-13-22;1-2-6-17(7-3-1)14-18-12-13-25-22(15-18)19-10-11-24-21(16-19)20-8-4-5-9-23(20)26-24;/h4-16,19-20H,18H2,1-3H3;1-9,11-13,15-16H,14H2;/q2*-1;/i18D2;14D2;. The van der Waals surface area contributed by atoms with Crippen LogP contribution in [-0.2, 0) is 32.9 Å². The second-order valence-corrected chi connectivity index (χ2v) is 19.4. The molecule has 0 fully saturated rings. The molecule has 3 nitrogen and oxygen atoms in total. The van der Waals surface area contributed by atoms with Gasteiger partial charge in [0.1, 0.15) is 5.58 Å². The molecule has 56 heavy (non-hydrogen) atoms. The average molecular weight is 923 g/mol. The third-order valence-corrected chi connectivity index (χ3v) is 11.4. The summed E-state index contributed by atoms with van der Waals surface area (Å²) in [6, 6.07) is 58.6. The summed E-state index contributed by atoms with van der Waals surface area (Å²) >= 11 is 0. The van der Waals surface area contributed by atoms with Gasteiger partial charge in [-0.15, -0.1) is 53.6 Å². The van der Waals surface area contributed by atoms with Crippen molar-refractivity contribution >= 4 is 35.2 Å². The smallest absolute Gasteiger partial charge is 0.120 e. The van der Waals surface area contributed by atoms with E-state index in [4.69, 9.17) is 14.9 Å². The minimum absolute atomic E-state index is 0. The maximum atomic E-state index is 8.99. The Balaban J connectivity index is 0.000000179. The topological polar surface area (TPSA) is 38.9 Å². The summed E-state index contributed by atoms with van der Waals surface area (Å²) in [4.78, 5) is 9.18. The second kappa shape index (κ2) is 17.4. The van der Waals surface area contributed by atoms with Gasteiger partial charge in [0.2, 0.25) is 0 Å². The molecule has 0 spiro atoms. The van der Waals surface area contributed by atoms with Crippen LogP contribution in [0.3, 0.4) is 0 Å². The number of pyridine rings is 2. The van der Waals surface area contributed by atoms with Crippen LogP contribution in [0.5, 0.6) is 0 Å². The van der Waals surface area contributed by atoms with Crippen molar-refractivity contribution in [2.75, 3.05) is 0 Å². The number of benzene rings is 6. The molecule has 5 heteroatoms. The van der Waals surface area contributed by atoms with Crippen molar-refractivity contribution in [2.24, 2.45) is 0 Å². The zero-order valence-corrected chi connectivity index (χ0v) is 34.8. The fourth-order valence-electron chi connectivity index (χ4n) is 6.54. The zero-order chi connectivity index (χ0) is 41.2. The van der Waals surface area contributed by atoms with E-state index >= 15 is 0 Å². The van der Waals surface area contributed by atoms with E-state index in [-0.39, 0.29) is 20.1 Å². The Morgan fingerprint density at radius 1 is 0.554 bits per heavy atom. The Morgan fingerprint density at radius 3 is 1.89 bits per heavy atom. The fourth-order valence-corrected chi connectivity index (χ4v) is 7.93. The van der Waals surface area contributed by atoms with Crippen molar-refractivity contribution < 1.29 is 30.0 Å². The quantitative estimate of drug-likeness (QED) is 0.113. The summed E-state index contributed by atoms with van der Waals surface area (Å²) in [6.45, 7) is 6.69. The van der Waals surface area contributed by atoms with Crippen molar-refractivity contribution in [3.05, 3.63) is 211 Å². The van der Waals surface area contributed by atoms with E-state index in [0.717, 1.165) is 55.1 Å². The number of furan rings is 1. The molecule has 0 aliphatic heterocycles. The Kier molecular flexibility index (Phi) is 10.4. The van der Waals surface area contributed by atoms with Crippen LogP contribution in [0.15, 0.2) is 181 Å². The SMILES string of the molecule is [2H]C([2H])(c1ccccc1)c1cc(-c2[c-]cc(-c3ccccc3)cc2)ncc1[Si](C)(C)C.[2H]C([2H])(c1ccccc1)c1ccnc(-c2[c-]cc3oc4ccccc4c3c2)c1.[Ir]. The number of nitrogens with zero attached hydrogens (tertiary/aromatic N) is 2. The Hall–Kier alpha value is -5.71. The molecule has 0 atom stereocenters. The van der Waals surface area contributed by atoms with E-state index in [1.165, 1.54) is 0 Å². The first-order chi connectivity index (χ1) is 28.4. The van der Waals surface area contributed by atoms with E-state index in [9.17, 15) is 0 Å². The summed E-state index contributed by atoms with van der Waals surface area (Å²) in [5.74, 6) is 0. The predicted molar refractivity (Wildman–Crippen MR) is 231 cm³/mol. The van der Waals surface area contributed by atoms with E-state index in [2.05, 4.69) is 55.0 Å². The summed E-state index contributed by atoms with van der Waals surface area (Å²) in [5.41, 5.74) is 9.53. The number of aromatic nitrogens is 2.